The molecule has 0 saturated carbocycles. The van der Waals surface area contributed by atoms with Gasteiger partial charge in [0.1, 0.15) is 11.6 Å². The van der Waals surface area contributed by atoms with E-state index in [1.54, 1.807) is 6.07 Å². The molecule has 1 atom stereocenters. The minimum absolute atomic E-state index is 0.0984. The maximum Gasteiger partial charge on any atom is 0.250 e. The molecule has 1 saturated heterocycles. The molecule has 6 heteroatoms. The fourth-order valence-electron chi connectivity index (χ4n) is 3.48. The molecular formula is C21H23N5O. The van der Waals surface area contributed by atoms with E-state index in [4.69, 9.17) is 5.73 Å². The second-order valence-corrected chi connectivity index (χ2v) is 6.95. The maximum atomic E-state index is 11.8. The van der Waals surface area contributed by atoms with Gasteiger partial charge in [-0.1, -0.05) is 36.4 Å². The predicted octanol–water partition coefficient (Wildman–Crippen LogP) is 2.90. The van der Waals surface area contributed by atoms with Gasteiger partial charge in [-0.05, 0) is 44.1 Å². The highest BCUT2D eigenvalue weighted by atomic mass is 16.1. The van der Waals surface area contributed by atoms with Gasteiger partial charge in [0.25, 0.3) is 5.91 Å². The molecule has 1 aliphatic heterocycles. The normalized spacial score (nSPS) is 15.3. The summed E-state index contributed by atoms with van der Waals surface area (Å²) in [5, 5.41) is 4.41. The average molecular weight is 361 g/mol. The van der Waals surface area contributed by atoms with Crippen molar-refractivity contribution in [1.29, 1.82) is 0 Å². The Hall–Kier alpha value is -2.99. The number of fused-ring (bicyclic) bond motifs is 1. The molecule has 3 aromatic rings. The van der Waals surface area contributed by atoms with Crippen molar-refractivity contribution in [3.8, 4) is 0 Å². The molecular weight excluding hydrogens is 338 g/mol. The summed E-state index contributed by atoms with van der Waals surface area (Å²) in [7, 11) is 0. The molecule has 0 bridgehead atoms. The van der Waals surface area contributed by atoms with Crippen LogP contribution in [0.3, 0.4) is 0 Å². The van der Waals surface area contributed by atoms with Crippen molar-refractivity contribution < 1.29 is 4.79 Å². The van der Waals surface area contributed by atoms with Crippen molar-refractivity contribution in [2.75, 3.05) is 25.0 Å². The lowest BCUT2D eigenvalue weighted by atomic mass is 10.0. The van der Waals surface area contributed by atoms with Crippen molar-refractivity contribution >= 4 is 22.6 Å². The largest absolute Gasteiger partial charge is 0.366 e. The smallest absolute Gasteiger partial charge is 0.250 e. The number of benzene rings is 2. The number of primary amides is 1. The quantitative estimate of drug-likeness (QED) is 0.705. The summed E-state index contributed by atoms with van der Waals surface area (Å²) >= 11 is 0. The van der Waals surface area contributed by atoms with Gasteiger partial charge in [-0.15, -0.1) is 0 Å². The van der Waals surface area contributed by atoms with E-state index in [1.807, 2.05) is 25.1 Å². The highest BCUT2D eigenvalue weighted by molar-refractivity contribution is 6.07. The Morgan fingerprint density at radius 3 is 2.59 bits per heavy atom. The van der Waals surface area contributed by atoms with E-state index in [1.165, 1.54) is 12.0 Å². The number of para-hydroxylation sites is 1. The van der Waals surface area contributed by atoms with Crippen LogP contribution in [0, 0.1) is 6.92 Å². The van der Waals surface area contributed by atoms with Gasteiger partial charge in [-0.25, -0.2) is 9.97 Å². The number of carbonyl (C=O) groups is 1. The molecule has 27 heavy (non-hydrogen) atoms. The number of likely N-dealkylation sites (tertiary alicyclic amines) is 1. The van der Waals surface area contributed by atoms with Crippen LogP contribution in [0.4, 0.5) is 5.82 Å². The minimum atomic E-state index is -0.482. The number of amides is 1. The van der Waals surface area contributed by atoms with Crippen LogP contribution in [0.2, 0.25) is 0 Å². The average Bonchev–Trinajstić information content (AvgIpc) is 2.63. The zero-order valence-electron chi connectivity index (χ0n) is 15.4. The Morgan fingerprint density at radius 2 is 1.93 bits per heavy atom. The first kappa shape index (κ1) is 17.4. The number of aryl methyl sites for hydroxylation is 1. The monoisotopic (exact) mass is 361 g/mol. The van der Waals surface area contributed by atoms with Gasteiger partial charge < -0.3 is 16.0 Å². The first-order valence-electron chi connectivity index (χ1n) is 9.23. The summed E-state index contributed by atoms with van der Waals surface area (Å²) in [5.74, 6) is 0.856. The number of hydrogen-bond donors (Lipinski definition) is 2. The highest BCUT2D eigenvalue weighted by Gasteiger charge is 2.22. The number of aromatic nitrogens is 2. The van der Waals surface area contributed by atoms with E-state index in [-0.39, 0.29) is 6.04 Å². The molecule has 2 heterocycles. The summed E-state index contributed by atoms with van der Waals surface area (Å²) in [4.78, 5) is 23.3. The molecule has 0 radical (unpaired) electrons. The van der Waals surface area contributed by atoms with Crippen molar-refractivity contribution in [3.05, 3.63) is 65.5 Å². The van der Waals surface area contributed by atoms with E-state index >= 15 is 0 Å². The van der Waals surface area contributed by atoms with Crippen LogP contribution in [-0.2, 0) is 0 Å². The third kappa shape index (κ3) is 3.61. The van der Waals surface area contributed by atoms with Gasteiger partial charge in [0.05, 0.1) is 17.1 Å². The number of nitrogens with one attached hydrogen (secondary N) is 1. The lowest BCUT2D eigenvalue weighted by Gasteiger charge is -2.35. The number of nitrogens with zero attached hydrogens (tertiary/aromatic N) is 3. The van der Waals surface area contributed by atoms with Gasteiger partial charge in [0.15, 0.2) is 0 Å². The van der Waals surface area contributed by atoms with Crippen LogP contribution in [-0.4, -0.2) is 40.4 Å². The van der Waals surface area contributed by atoms with E-state index in [0.29, 0.717) is 16.9 Å². The van der Waals surface area contributed by atoms with Crippen molar-refractivity contribution in [2.24, 2.45) is 5.73 Å². The van der Waals surface area contributed by atoms with Crippen molar-refractivity contribution in [2.45, 2.75) is 19.4 Å². The van der Waals surface area contributed by atoms with E-state index in [9.17, 15) is 4.79 Å². The molecule has 3 N–H and O–H groups in total. The number of rotatable bonds is 6. The maximum absolute atomic E-state index is 11.8. The van der Waals surface area contributed by atoms with Crippen LogP contribution in [0.15, 0.2) is 48.5 Å². The second kappa shape index (κ2) is 7.32. The number of nitrogens with two attached hydrogens (primary N) is 1. The Balaban J connectivity index is 1.75. The van der Waals surface area contributed by atoms with Gasteiger partial charge >= 0.3 is 0 Å². The van der Waals surface area contributed by atoms with Crippen LogP contribution in [0.1, 0.15) is 34.2 Å². The zero-order chi connectivity index (χ0) is 18.8. The summed E-state index contributed by atoms with van der Waals surface area (Å²) in [6.07, 6.45) is 1.25. The zero-order valence-corrected chi connectivity index (χ0v) is 15.4. The molecule has 1 aliphatic rings. The topological polar surface area (TPSA) is 84.1 Å². The number of anilines is 1. The lowest BCUT2D eigenvalue weighted by molar-refractivity contribution is 0.100. The minimum Gasteiger partial charge on any atom is -0.366 e. The Morgan fingerprint density at radius 1 is 1.15 bits per heavy atom. The van der Waals surface area contributed by atoms with Gasteiger partial charge in [0.2, 0.25) is 0 Å². The van der Waals surface area contributed by atoms with Crippen LogP contribution < -0.4 is 11.1 Å². The van der Waals surface area contributed by atoms with Crippen LogP contribution in [0.5, 0.6) is 0 Å². The third-order valence-corrected chi connectivity index (χ3v) is 5.01. The van der Waals surface area contributed by atoms with Gasteiger partial charge in [0, 0.05) is 11.9 Å². The Bertz CT molecular complexity index is 969. The van der Waals surface area contributed by atoms with Gasteiger partial charge in [-0.2, -0.15) is 0 Å². The van der Waals surface area contributed by atoms with E-state index in [0.717, 1.165) is 30.8 Å². The molecule has 0 spiro atoms. The predicted molar refractivity (Wildman–Crippen MR) is 107 cm³/mol. The SMILES string of the molecule is Cc1nc(NC(CN2CCC2)c2ccccc2)c2cccc(C(N)=O)c2n1. The third-order valence-electron chi connectivity index (χ3n) is 5.01. The Kier molecular flexibility index (Phi) is 4.73. The molecule has 6 nitrogen and oxygen atoms in total. The molecule has 1 unspecified atom stereocenters. The molecule has 1 fully saturated rings. The van der Waals surface area contributed by atoms with E-state index < -0.39 is 5.91 Å². The number of hydrogen-bond acceptors (Lipinski definition) is 5. The molecule has 0 aliphatic carbocycles. The van der Waals surface area contributed by atoms with Crippen LogP contribution >= 0.6 is 0 Å². The molecule has 1 aromatic heterocycles. The molecule has 2 aromatic carbocycles. The lowest BCUT2D eigenvalue weighted by Crippen LogP contribution is -2.41. The summed E-state index contributed by atoms with van der Waals surface area (Å²) in [6.45, 7) is 4.99. The standard InChI is InChI=1S/C21H23N5O/c1-14-23-19-16(20(22)27)9-5-10-17(19)21(24-14)25-18(13-26-11-6-12-26)15-7-3-2-4-8-15/h2-5,7-10,18H,6,11-13H2,1H3,(H2,22,27)(H,23,24,25). The van der Waals surface area contributed by atoms with Crippen molar-refractivity contribution in [3.63, 3.8) is 0 Å². The first-order chi connectivity index (χ1) is 13.1. The first-order valence-corrected chi connectivity index (χ1v) is 9.23. The fraction of sp³-hybridized carbons (Fsp3) is 0.286. The van der Waals surface area contributed by atoms with E-state index in [2.05, 4.69) is 44.5 Å². The molecule has 4 rings (SSSR count). The van der Waals surface area contributed by atoms with Crippen LogP contribution in [0.25, 0.3) is 10.9 Å². The molecule has 138 valence electrons. The van der Waals surface area contributed by atoms with Crippen molar-refractivity contribution in [1.82, 2.24) is 14.9 Å². The number of carbonyl (C=O) groups excluding carboxylic acids is 1. The Labute approximate surface area is 158 Å². The summed E-state index contributed by atoms with van der Waals surface area (Å²) in [6, 6.07) is 15.9. The second-order valence-electron chi connectivity index (χ2n) is 6.95. The summed E-state index contributed by atoms with van der Waals surface area (Å²) in [5.41, 5.74) is 7.76. The summed E-state index contributed by atoms with van der Waals surface area (Å²) < 4.78 is 0. The fourth-order valence-corrected chi connectivity index (χ4v) is 3.48. The molecule has 1 amide bonds. The van der Waals surface area contributed by atoms with Gasteiger partial charge in [-0.3, -0.25) is 4.79 Å². The highest BCUT2D eigenvalue weighted by Crippen LogP contribution is 2.28.